The Morgan fingerprint density at radius 1 is 1.44 bits per heavy atom. The average Bonchev–Trinajstić information content (AvgIpc) is 2.53. The summed E-state index contributed by atoms with van der Waals surface area (Å²) in [5.74, 6) is 0.691. The summed E-state index contributed by atoms with van der Waals surface area (Å²) in [7, 11) is 1.56. The Labute approximate surface area is 93.2 Å². The van der Waals surface area contributed by atoms with E-state index in [1.165, 1.54) is 11.8 Å². The number of rotatable bonds is 2. The zero-order valence-electron chi connectivity index (χ0n) is 9.14. The third kappa shape index (κ3) is 1.69. The van der Waals surface area contributed by atoms with E-state index in [9.17, 15) is 9.90 Å². The average molecular weight is 223 g/mol. The van der Waals surface area contributed by atoms with Crippen molar-refractivity contribution in [2.24, 2.45) is 0 Å². The summed E-state index contributed by atoms with van der Waals surface area (Å²) in [6, 6.07) is 6.83. The number of methoxy groups -OCH3 is 1. The van der Waals surface area contributed by atoms with E-state index in [-0.39, 0.29) is 6.61 Å². The van der Waals surface area contributed by atoms with Crippen LogP contribution < -0.4 is 9.64 Å². The Hall–Kier alpha value is -1.75. The number of cyclic esters (lactones) is 1. The van der Waals surface area contributed by atoms with Crippen LogP contribution in [-0.4, -0.2) is 30.6 Å². The number of benzene rings is 1. The zero-order chi connectivity index (χ0) is 11.8. The molecule has 1 heterocycles. The zero-order valence-corrected chi connectivity index (χ0v) is 9.14. The molecule has 1 aliphatic heterocycles. The van der Waals surface area contributed by atoms with Crippen molar-refractivity contribution in [3.8, 4) is 5.75 Å². The van der Waals surface area contributed by atoms with E-state index >= 15 is 0 Å². The molecule has 1 unspecified atom stereocenters. The van der Waals surface area contributed by atoms with E-state index in [1.54, 1.807) is 31.4 Å². The highest BCUT2D eigenvalue weighted by Crippen LogP contribution is 2.29. The smallest absolute Gasteiger partial charge is 0.416 e. The van der Waals surface area contributed by atoms with Crippen molar-refractivity contribution in [3.63, 3.8) is 0 Å². The second-order valence-electron chi connectivity index (χ2n) is 3.81. The normalized spacial score (nSPS) is 24.4. The van der Waals surface area contributed by atoms with Gasteiger partial charge in [-0.2, -0.15) is 0 Å². The first-order valence-electron chi connectivity index (χ1n) is 4.88. The Balaban J connectivity index is 2.32. The summed E-state index contributed by atoms with van der Waals surface area (Å²) in [5, 5.41) is 9.95. The highest BCUT2D eigenvalue weighted by Gasteiger charge is 2.43. The van der Waals surface area contributed by atoms with E-state index in [1.807, 2.05) is 0 Å². The summed E-state index contributed by atoms with van der Waals surface area (Å²) in [6.45, 7) is 1.50. The molecule has 1 atom stereocenters. The number of amides is 1. The van der Waals surface area contributed by atoms with Crippen molar-refractivity contribution in [1.29, 1.82) is 0 Å². The van der Waals surface area contributed by atoms with Gasteiger partial charge in [-0.05, 0) is 31.2 Å². The fraction of sp³-hybridized carbons (Fsp3) is 0.364. The van der Waals surface area contributed by atoms with Crippen LogP contribution in [0.1, 0.15) is 6.92 Å². The molecular weight excluding hydrogens is 210 g/mol. The molecule has 5 nitrogen and oxygen atoms in total. The molecule has 86 valence electrons. The highest BCUT2D eigenvalue weighted by atomic mass is 16.6. The van der Waals surface area contributed by atoms with Gasteiger partial charge in [0.1, 0.15) is 12.4 Å². The van der Waals surface area contributed by atoms with Crippen molar-refractivity contribution in [2.75, 3.05) is 18.6 Å². The molecule has 0 radical (unpaired) electrons. The fourth-order valence-electron chi connectivity index (χ4n) is 1.64. The van der Waals surface area contributed by atoms with Crippen LogP contribution in [0.25, 0.3) is 0 Å². The molecule has 0 aliphatic carbocycles. The van der Waals surface area contributed by atoms with Gasteiger partial charge in [-0.15, -0.1) is 0 Å². The Bertz CT molecular complexity index is 399. The van der Waals surface area contributed by atoms with Crippen molar-refractivity contribution in [3.05, 3.63) is 24.3 Å². The van der Waals surface area contributed by atoms with Gasteiger partial charge in [-0.1, -0.05) is 0 Å². The fourth-order valence-corrected chi connectivity index (χ4v) is 1.64. The van der Waals surface area contributed by atoms with E-state index in [0.717, 1.165) is 0 Å². The third-order valence-electron chi connectivity index (χ3n) is 2.46. The number of hydrogen-bond acceptors (Lipinski definition) is 4. The van der Waals surface area contributed by atoms with Gasteiger partial charge in [0.15, 0.2) is 5.72 Å². The van der Waals surface area contributed by atoms with Crippen LogP contribution in [0.5, 0.6) is 5.75 Å². The van der Waals surface area contributed by atoms with Crippen LogP contribution in [0.2, 0.25) is 0 Å². The number of carbonyl (C=O) groups is 1. The molecule has 1 saturated heterocycles. The van der Waals surface area contributed by atoms with E-state index in [2.05, 4.69) is 0 Å². The first kappa shape index (κ1) is 10.8. The minimum atomic E-state index is -1.30. The van der Waals surface area contributed by atoms with Crippen molar-refractivity contribution in [1.82, 2.24) is 0 Å². The molecule has 0 aromatic heterocycles. The van der Waals surface area contributed by atoms with Crippen LogP contribution in [0.3, 0.4) is 0 Å². The first-order valence-corrected chi connectivity index (χ1v) is 4.88. The van der Waals surface area contributed by atoms with Crippen molar-refractivity contribution < 1.29 is 19.4 Å². The Morgan fingerprint density at radius 2 is 2.06 bits per heavy atom. The minimum absolute atomic E-state index is 0.0299. The molecule has 1 aromatic rings. The van der Waals surface area contributed by atoms with Gasteiger partial charge in [-0.3, -0.25) is 0 Å². The molecule has 5 heteroatoms. The summed E-state index contributed by atoms with van der Waals surface area (Å²) in [5.41, 5.74) is -0.723. The molecule has 0 bridgehead atoms. The van der Waals surface area contributed by atoms with Crippen LogP contribution in [0, 0.1) is 0 Å². The molecular formula is C11H13NO4. The molecule has 0 saturated carbocycles. The molecule has 1 aliphatic rings. The Kier molecular flexibility index (Phi) is 2.47. The van der Waals surface area contributed by atoms with E-state index in [0.29, 0.717) is 11.4 Å². The number of aliphatic hydroxyl groups is 1. The van der Waals surface area contributed by atoms with E-state index < -0.39 is 11.8 Å². The third-order valence-corrected chi connectivity index (χ3v) is 2.46. The van der Waals surface area contributed by atoms with Crippen LogP contribution in [-0.2, 0) is 4.74 Å². The maximum absolute atomic E-state index is 11.5. The lowest BCUT2D eigenvalue weighted by atomic mass is 10.2. The number of hydrogen-bond donors (Lipinski definition) is 1. The quantitative estimate of drug-likeness (QED) is 0.822. The van der Waals surface area contributed by atoms with Crippen LogP contribution in [0.4, 0.5) is 10.5 Å². The lowest BCUT2D eigenvalue weighted by Crippen LogP contribution is -2.44. The lowest BCUT2D eigenvalue weighted by Gasteiger charge is -2.26. The van der Waals surface area contributed by atoms with Gasteiger partial charge in [0.2, 0.25) is 0 Å². The topological polar surface area (TPSA) is 59.0 Å². The standard InChI is InChI=1S/C11H13NO4/c1-11(14)7-16-10(13)12(11)8-3-5-9(15-2)6-4-8/h3-6,14H,7H2,1-2H3. The number of anilines is 1. The minimum Gasteiger partial charge on any atom is -0.497 e. The number of ether oxygens (including phenoxy) is 2. The van der Waals surface area contributed by atoms with E-state index in [4.69, 9.17) is 9.47 Å². The Morgan fingerprint density at radius 3 is 2.50 bits per heavy atom. The molecule has 1 amide bonds. The second kappa shape index (κ2) is 3.68. The van der Waals surface area contributed by atoms with Gasteiger partial charge in [-0.25, -0.2) is 9.69 Å². The predicted molar refractivity (Wildman–Crippen MR) is 57.4 cm³/mol. The largest absolute Gasteiger partial charge is 0.497 e. The van der Waals surface area contributed by atoms with Gasteiger partial charge >= 0.3 is 6.09 Å². The molecule has 1 aromatic carbocycles. The lowest BCUT2D eigenvalue weighted by molar-refractivity contribution is 0.0479. The molecule has 1 fully saturated rings. The van der Waals surface area contributed by atoms with Gasteiger partial charge in [0.25, 0.3) is 0 Å². The summed E-state index contributed by atoms with van der Waals surface area (Å²) >= 11 is 0. The van der Waals surface area contributed by atoms with Gasteiger partial charge in [0, 0.05) is 0 Å². The van der Waals surface area contributed by atoms with Crippen molar-refractivity contribution >= 4 is 11.8 Å². The number of carbonyl (C=O) groups excluding carboxylic acids is 1. The number of nitrogens with zero attached hydrogens (tertiary/aromatic N) is 1. The highest BCUT2D eigenvalue weighted by molar-refractivity contribution is 5.90. The summed E-state index contributed by atoms with van der Waals surface area (Å²) in [6.07, 6.45) is -0.546. The van der Waals surface area contributed by atoms with Gasteiger partial charge in [0.05, 0.1) is 12.8 Å². The maximum atomic E-state index is 11.5. The van der Waals surface area contributed by atoms with Crippen molar-refractivity contribution in [2.45, 2.75) is 12.6 Å². The molecule has 1 N–H and O–H groups in total. The SMILES string of the molecule is COc1ccc(N2C(=O)OCC2(C)O)cc1. The summed E-state index contributed by atoms with van der Waals surface area (Å²) in [4.78, 5) is 12.7. The second-order valence-corrected chi connectivity index (χ2v) is 3.81. The first-order chi connectivity index (χ1) is 7.54. The molecule has 2 rings (SSSR count). The molecule has 16 heavy (non-hydrogen) atoms. The monoisotopic (exact) mass is 223 g/mol. The van der Waals surface area contributed by atoms with Crippen LogP contribution in [0.15, 0.2) is 24.3 Å². The van der Waals surface area contributed by atoms with Crippen LogP contribution >= 0.6 is 0 Å². The predicted octanol–water partition coefficient (Wildman–Crippen LogP) is 1.36. The maximum Gasteiger partial charge on any atom is 0.416 e. The molecule has 0 spiro atoms. The van der Waals surface area contributed by atoms with Gasteiger partial charge < -0.3 is 14.6 Å². The summed E-state index contributed by atoms with van der Waals surface area (Å²) < 4.78 is 9.81.